The van der Waals surface area contributed by atoms with Gasteiger partial charge in [-0.2, -0.15) is 0 Å². The van der Waals surface area contributed by atoms with Gasteiger partial charge >= 0.3 is 0 Å². The molecule has 1 heterocycles. The van der Waals surface area contributed by atoms with Crippen molar-refractivity contribution in [2.24, 2.45) is 0 Å². The van der Waals surface area contributed by atoms with E-state index in [9.17, 15) is 14.4 Å². The predicted octanol–water partition coefficient (Wildman–Crippen LogP) is 0.526. The van der Waals surface area contributed by atoms with Crippen LogP contribution in [-0.2, 0) is 9.59 Å². The summed E-state index contributed by atoms with van der Waals surface area (Å²) in [5.74, 6) is -0.509. The maximum absolute atomic E-state index is 11.9. The lowest BCUT2D eigenvalue weighted by Gasteiger charge is -2.12. The van der Waals surface area contributed by atoms with Gasteiger partial charge in [-0.15, -0.1) is 0 Å². The molecule has 21 heavy (non-hydrogen) atoms. The fourth-order valence-electron chi connectivity index (χ4n) is 2.01. The first-order chi connectivity index (χ1) is 9.97. The van der Waals surface area contributed by atoms with Gasteiger partial charge in [-0.3, -0.25) is 19.7 Å². The van der Waals surface area contributed by atoms with Crippen molar-refractivity contribution in [3.63, 3.8) is 0 Å². The van der Waals surface area contributed by atoms with E-state index in [0.717, 1.165) is 4.47 Å². The van der Waals surface area contributed by atoms with Crippen LogP contribution in [-0.4, -0.2) is 48.3 Å². The molecule has 0 spiro atoms. The Morgan fingerprint density at radius 1 is 1.33 bits per heavy atom. The van der Waals surface area contributed by atoms with Crippen molar-refractivity contribution >= 4 is 33.5 Å². The van der Waals surface area contributed by atoms with Crippen molar-refractivity contribution in [2.45, 2.75) is 13.0 Å². The zero-order valence-electron chi connectivity index (χ0n) is 11.6. The zero-order valence-corrected chi connectivity index (χ0v) is 13.1. The highest BCUT2D eigenvalue weighted by Crippen LogP contribution is 2.10. The Balaban J connectivity index is 1.83. The molecule has 1 aromatic rings. The fraction of sp³-hybridized carbons (Fsp3) is 0.357. The van der Waals surface area contributed by atoms with Gasteiger partial charge in [-0.05, 0) is 12.1 Å². The summed E-state index contributed by atoms with van der Waals surface area (Å²) < 4.78 is 0.891. The van der Waals surface area contributed by atoms with Gasteiger partial charge in [0.25, 0.3) is 0 Å². The molecular formula is C14H16BrN3O3. The Labute approximate surface area is 131 Å². The summed E-state index contributed by atoms with van der Waals surface area (Å²) in [6.45, 7) is 2.08. The summed E-state index contributed by atoms with van der Waals surface area (Å²) in [6.07, 6.45) is 0. The second kappa shape index (κ2) is 6.82. The number of carbonyl (C=O) groups excluding carboxylic acids is 3. The lowest BCUT2D eigenvalue weighted by Crippen LogP contribution is -2.44. The van der Waals surface area contributed by atoms with Gasteiger partial charge in [-0.1, -0.05) is 28.1 Å². The van der Waals surface area contributed by atoms with Gasteiger partial charge in [0.2, 0.25) is 11.8 Å². The van der Waals surface area contributed by atoms with Crippen LogP contribution in [0, 0.1) is 0 Å². The van der Waals surface area contributed by atoms with Crippen LogP contribution in [0.1, 0.15) is 17.3 Å². The number of hydrogen-bond acceptors (Lipinski definition) is 4. The number of nitrogens with one attached hydrogen (secondary N) is 2. The molecule has 1 aromatic carbocycles. The van der Waals surface area contributed by atoms with Gasteiger partial charge in [0.05, 0.1) is 13.2 Å². The van der Waals surface area contributed by atoms with E-state index in [1.165, 1.54) is 6.92 Å². The number of amides is 2. The maximum atomic E-state index is 11.9. The number of ketones is 1. The average molecular weight is 354 g/mol. The first-order valence-electron chi connectivity index (χ1n) is 6.53. The summed E-state index contributed by atoms with van der Waals surface area (Å²) >= 11 is 3.30. The normalized spacial score (nSPS) is 17.6. The quantitative estimate of drug-likeness (QED) is 0.773. The molecule has 1 fully saturated rings. The third kappa shape index (κ3) is 4.12. The molecule has 1 atom stereocenters. The first kappa shape index (κ1) is 15.7. The Hall–Kier alpha value is -1.73. The highest BCUT2D eigenvalue weighted by atomic mass is 79.9. The van der Waals surface area contributed by atoms with Crippen LogP contribution in [0.4, 0.5) is 0 Å². The molecule has 0 radical (unpaired) electrons. The van der Waals surface area contributed by atoms with Crippen molar-refractivity contribution in [1.29, 1.82) is 0 Å². The molecule has 0 saturated carbocycles. The molecule has 1 aliphatic rings. The largest absolute Gasteiger partial charge is 0.347 e. The van der Waals surface area contributed by atoms with Crippen molar-refractivity contribution in [3.05, 3.63) is 34.3 Å². The molecule has 0 bridgehead atoms. The Morgan fingerprint density at radius 3 is 2.57 bits per heavy atom. The minimum absolute atomic E-state index is 0.0568. The molecule has 2 rings (SSSR count). The summed E-state index contributed by atoms with van der Waals surface area (Å²) in [7, 11) is 0. The Bertz CT molecular complexity index is 559. The Morgan fingerprint density at radius 2 is 2.00 bits per heavy atom. The minimum Gasteiger partial charge on any atom is -0.347 e. The second-order valence-electron chi connectivity index (χ2n) is 4.80. The number of Topliss-reactive ketones (excluding diaryl/α,β-unsaturated/α-hetero) is 1. The number of nitrogens with zero attached hydrogens (tertiary/aromatic N) is 1. The number of halogens is 1. The van der Waals surface area contributed by atoms with Crippen molar-refractivity contribution in [3.8, 4) is 0 Å². The summed E-state index contributed by atoms with van der Waals surface area (Å²) in [5, 5.41) is 5.53. The number of rotatable bonds is 4. The molecular weight excluding hydrogens is 338 g/mol. The van der Waals surface area contributed by atoms with E-state index >= 15 is 0 Å². The fourth-order valence-corrected chi connectivity index (χ4v) is 2.28. The zero-order chi connectivity index (χ0) is 15.4. The van der Waals surface area contributed by atoms with E-state index in [2.05, 4.69) is 26.6 Å². The third-order valence-corrected chi connectivity index (χ3v) is 3.81. The highest BCUT2D eigenvalue weighted by molar-refractivity contribution is 9.10. The van der Waals surface area contributed by atoms with Gasteiger partial charge in [0, 0.05) is 23.5 Å². The van der Waals surface area contributed by atoms with Crippen LogP contribution in [0.25, 0.3) is 0 Å². The second-order valence-corrected chi connectivity index (χ2v) is 5.72. The molecule has 7 heteroatoms. The van der Waals surface area contributed by atoms with E-state index in [1.807, 2.05) is 0 Å². The van der Waals surface area contributed by atoms with Crippen molar-refractivity contribution < 1.29 is 14.4 Å². The third-order valence-electron chi connectivity index (χ3n) is 3.28. The summed E-state index contributed by atoms with van der Waals surface area (Å²) in [6, 6.07) is 6.48. The van der Waals surface area contributed by atoms with E-state index < -0.39 is 6.04 Å². The van der Waals surface area contributed by atoms with Crippen LogP contribution in [0.2, 0.25) is 0 Å². The summed E-state index contributed by atoms with van der Waals surface area (Å²) in [4.78, 5) is 36.6. The van der Waals surface area contributed by atoms with E-state index in [1.54, 1.807) is 29.2 Å². The van der Waals surface area contributed by atoms with Crippen LogP contribution in [0.5, 0.6) is 0 Å². The molecule has 112 valence electrons. The van der Waals surface area contributed by atoms with Crippen LogP contribution >= 0.6 is 15.9 Å². The average Bonchev–Trinajstić information content (AvgIpc) is 2.95. The molecule has 0 aliphatic carbocycles. The number of benzene rings is 1. The Kier molecular flexibility index (Phi) is 5.08. The molecule has 1 aliphatic heterocycles. The van der Waals surface area contributed by atoms with Crippen LogP contribution < -0.4 is 10.6 Å². The molecule has 6 nitrogen and oxygen atoms in total. The first-order valence-corrected chi connectivity index (χ1v) is 7.32. The van der Waals surface area contributed by atoms with Gasteiger partial charge in [-0.25, -0.2) is 0 Å². The standard InChI is InChI=1S/C14H16BrN3O3/c1-9(19)18-7-12(17-8-18)14(21)16-6-13(20)10-2-4-11(15)5-3-10/h2-5,12,17H,6-8H2,1H3,(H,16,21). The smallest absolute Gasteiger partial charge is 0.239 e. The van der Waals surface area contributed by atoms with Crippen molar-refractivity contribution in [2.75, 3.05) is 19.8 Å². The number of hydrogen-bond donors (Lipinski definition) is 2. The minimum atomic E-state index is -0.466. The lowest BCUT2D eigenvalue weighted by atomic mass is 10.1. The maximum Gasteiger partial charge on any atom is 0.239 e. The van der Waals surface area contributed by atoms with E-state index in [4.69, 9.17) is 0 Å². The molecule has 2 N–H and O–H groups in total. The molecule has 2 amide bonds. The predicted molar refractivity (Wildman–Crippen MR) is 80.7 cm³/mol. The molecule has 1 saturated heterocycles. The topological polar surface area (TPSA) is 78.5 Å². The monoisotopic (exact) mass is 353 g/mol. The SMILES string of the molecule is CC(=O)N1CNC(C(=O)NCC(=O)c2ccc(Br)cc2)C1. The summed E-state index contributed by atoms with van der Waals surface area (Å²) in [5.41, 5.74) is 0.545. The number of carbonyl (C=O) groups is 3. The molecule has 0 aromatic heterocycles. The molecule has 1 unspecified atom stereocenters. The van der Waals surface area contributed by atoms with Crippen LogP contribution in [0.15, 0.2) is 28.7 Å². The van der Waals surface area contributed by atoms with Gasteiger partial charge in [0.1, 0.15) is 6.04 Å². The lowest BCUT2D eigenvalue weighted by molar-refractivity contribution is -0.128. The highest BCUT2D eigenvalue weighted by Gasteiger charge is 2.28. The van der Waals surface area contributed by atoms with E-state index in [0.29, 0.717) is 18.8 Å². The van der Waals surface area contributed by atoms with Crippen LogP contribution in [0.3, 0.4) is 0 Å². The van der Waals surface area contributed by atoms with E-state index in [-0.39, 0.29) is 24.1 Å². The van der Waals surface area contributed by atoms with Gasteiger partial charge < -0.3 is 10.2 Å². The van der Waals surface area contributed by atoms with Gasteiger partial charge in [0.15, 0.2) is 5.78 Å². The van der Waals surface area contributed by atoms with Crippen molar-refractivity contribution in [1.82, 2.24) is 15.5 Å².